The van der Waals surface area contributed by atoms with E-state index in [1.54, 1.807) is 17.0 Å². The molecule has 2 rings (SSSR count). The maximum Gasteiger partial charge on any atom is 0.270 e. The van der Waals surface area contributed by atoms with Gasteiger partial charge in [0.15, 0.2) is 0 Å². The number of aliphatic hydroxyl groups is 1. The maximum absolute atomic E-state index is 11.7. The number of likely N-dealkylation sites (tertiary alicyclic amines) is 1. The van der Waals surface area contributed by atoms with E-state index >= 15 is 0 Å². The number of aromatic nitrogens is 1. The summed E-state index contributed by atoms with van der Waals surface area (Å²) in [7, 11) is 0. The van der Waals surface area contributed by atoms with Gasteiger partial charge in [-0.1, -0.05) is 6.07 Å². The summed E-state index contributed by atoms with van der Waals surface area (Å²) in [4.78, 5) is 26.8. The first-order chi connectivity index (χ1) is 7.20. The quantitative estimate of drug-likeness (QED) is 0.684. The molecule has 1 aliphatic rings. The molecule has 1 fully saturated rings. The fourth-order valence-corrected chi connectivity index (χ4v) is 1.59. The molecule has 0 aliphatic carbocycles. The van der Waals surface area contributed by atoms with Crippen LogP contribution in [0.15, 0.2) is 23.0 Å². The Kier molecular flexibility index (Phi) is 2.55. The van der Waals surface area contributed by atoms with Crippen molar-refractivity contribution < 1.29 is 9.90 Å². The number of carbonyl (C=O) groups is 1. The van der Waals surface area contributed by atoms with Crippen molar-refractivity contribution in [3.63, 3.8) is 0 Å². The molecule has 0 radical (unpaired) electrons. The van der Waals surface area contributed by atoms with Gasteiger partial charge in [0.1, 0.15) is 5.69 Å². The third-order valence-corrected chi connectivity index (χ3v) is 2.50. The number of aliphatic hydroxyl groups excluding tert-OH is 1. The van der Waals surface area contributed by atoms with Gasteiger partial charge in [-0.25, -0.2) is 0 Å². The number of nitrogens with one attached hydrogen (secondary N) is 1. The zero-order chi connectivity index (χ0) is 10.8. The summed E-state index contributed by atoms with van der Waals surface area (Å²) in [6.07, 6.45) is 0. The number of rotatable bonds is 2. The monoisotopic (exact) mass is 208 g/mol. The normalized spacial score (nSPS) is 16.2. The number of hydrogen-bond acceptors (Lipinski definition) is 3. The van der Waals surface area contributed by atoms with E-state index in [9.17, 15) is 9.59 Å². The van der Waals surface area contributed by atoms with E-state index < -0.39 is 0 Å². The summed E-state index contributed by atoms with van der Waals surface area (Å²) in [5.41, 5.74) is 0.0268. The summed E-state index contributed by atoms with van der Waals surface area (Å²) in [5, 5.41) is 8.80. The molecular weight excluding hydrogens is 196 g/mol. The molecule has 5 heteroatoms. The van der Waals surface area contributed by atoms with Gasteiger partial charge in [-0.2, -0.15) is 0 Å². The maximum atomic E-state index is 11.7. The largest absolute Gasteiger partial charge is 0.396 e. The first-order valence-corrected chi connectivity index (χ1v) is 4.80. The van der Waals surface area contributed by atoms with Crippen molar-refractivity contribution >= 4 is 5.91 Å². The highest BCUT2D eigenvalue weighted by Gasteiger charge is 2.30. The van der Waals surface area contributed by atoms with E-state index in [0.717, 1.165) is 0 Å². The average Bonchev–Trinajstić information content (AvgIpc) is 2.16. The predicted molar refractivity (Wildman–Crippen MR) is 53.5 cm³/mol. The molecule has 1 saturated heterocycles. The lowest BCUT2D eigenvalue weighted by Crippen LogP contribution is -2.51. The Labute approximate surface area is 86.3 Å². The highest BCUT2D eigenvalue weighted by Crippen LogP contribution is 2.16. The molecule has 1 aromatic heterocycles. The number of carbonyl (C=O) groups excluding carboxylic acids is 1. The highest BCUT2D eigenvalue weighted by atomic mass is 16.3. The Bertz CT molecular complexity index is 421. The van der Waals surface area contributed by atoms with Gasteiger partial charge in [0, 0.05) is 31.7 Å². The number of H-pyrrole nitrogens is 1. The molecule has 1 aliphatic heterocycles. The minimum Gasteiger partial charge on any atom is -0.396 e. The van der Waals surface area contributed by atoms with Crippen molar-refractivity contribution in [1.82, 2.24) is 9.88 Å². The Balaban J connectivity index is 2.06. The molecular formula is C10H12N2O3. The number of nitrogens with zero attached hydrogens (tertiary/aromatic N) is 1. The minimum absolute atomic E-state index is 0.106. The van der Waals surface area contributed by atoms with Crippen LogP contribution in [0.4, 0.5) is 0 Å². The van der Waals surface area contributed by atoms with Crippen LogP contribution in [-0.2, 0) is 0 Å². The van der Waals surface area contributed by atoms with Crippen LogP contribution in [0.5, 0.6) is 0 Å². The second-order valence-electron chi connectivity index (χ2n) is 3.69. The van der Waals surface area contributed by atoms with Crippen molar-refractivity contribution in [2.75, 3.05) is 19.7 Å². The van der Waals surface area contributed by atoms with Crippen molar-refractivity contribution in [1.29, 1.82) is 0 Å². The van der Waals surface area contributed by atoms with Gasteiger partial charge in [0.05, 0.1) is 0 Å². The first kappa shape index (κ1) is 9.92. The van der Waals surface area contributed by atoms with Crippen LogP contribution >= 0.6 is 0 Å². The van der Waals surface area contributed by atoms with E-state index in [4.69, 9.17) is 5.11 Å². The topological polar surface area (TPSA) is 73.4 Å². The lowest BCUT2D eigenvalue weighted by Gasteiger charge is -2.38. The SMILES string of the molecule is O=C(c1cccc(=O)[nH]1)N1CC(CO)C1. The van der Waals surface area contributed by atoms with Crippen LogP contribution in [0.25, 0.3) is 0 Å². The highest BCUT2D eigenvalue weighted by molar-refractivity contribution is 5.92. The molecule has 0 bridgehead atoms. The Morgan fingerprint density at radius 3 is 2.87 bits per heavy atom. The molecule has 0 unspecified atom stereocenters. The molecule has 5 nitrogen and oxygen atoms in total. The van der Waals surface area contributed by atoms with Crippen LogP contribution < -0.4 is 5.56 Å². The van der Waals surface area contributed by atoms with Crippen LogP contribution in [-0.4, -0.2) is 40.6 Å². The summed E-state index contributed by atoms with van der Waals surface area (Å²) in [6.45, 7) is 1.23. The van der Waals surface area contributed by atoms with Gasteiger partial charge in [-0.05, 0) is 6.07 Å². The van der Waals surface area contributed by atoms with Crippen LogP contribution in [0.3, 0.4) is 0 Å². The van der Waals surface area contributed by atoms with E-state index in [-0.39, 0.29) is 24.0 Å². The van der Waals surface area contributed by atoms with Crippen molar-refractivity contribution in [2.24, 2.45) is 5.92 Å². The molecule has 0 aromatic carbocycles. The van der Waals surface area contributed by atoms with Crippen molar-refractivity contribution in [3.8, 4) is 0 Å². The molecule has 0 atom stereocenters. The predicted octanol–water partition coefficient (Wildman–Crippen LogP) is -0.561. The van der Waals surface area contributed by atoms with Gasteiger partial charge >= 0.3 is 0 Å². The fraction of sp³-hybridized carbons (Fsp3) is 0.400. The van der Waals surface area contributed by atoms with Gasteiger partial charge in [-0.3, -0.25) is 9.59 Å². The Morgan fingerprint density at radius 1 is 1.53 bits per heavy atom. The number of amides is 1. The van der Waals surface area contributed by atoms with Crippen molar-refractivity contribution in [2.45, 2.75) is 0 Å². The Morgan fingerprint density at radius 2 is 2.27 bits per heavy atom. The van der Waals surface area contributed by atoms with Gasteiger partial charge < -0.3 is 15.0 Å². The minimum atomic E-state index is -0.278. The zero-order valence-corrected chi connectivity index (χ0v) is 8.14. The first-order valence-electron chi connectivity index (χ1n) is 4.80. The van der Waals surface area contributed by atoms with Crippen LogP contribution in [0, 0.1) is 5.92 Å². The molecule has 2 heterocycles. The summed E-state index contributed by atoms with van der Waals surface area (Å²) in [5.74, 6) is 0.00165. The number of aromatic amines is 1. The summed E-state index contributed by atoms with van der Waals surface area (Å²) in [6, 6.07) is 4.49. The van der Waals surface area contributed by atoms with Crippen LogP contribution in [0.1, 0.15) is 10.5 Å². The van der Waals surface area contributed by atoms with Crippen LogP contribution in [0.2, 0.25) is 0 Å². The van der Waals surface area contributed by atoms with E-state index in [2.05, 4.69) is 4.98 Å². The molecule has 0 spiro atoms. The lowest BCUT2D eigenvalue weighted by atomic mass is 10.0. The van der Waals surface area contributed by atoms with E-state index in [1.807, 2.05) is 0 Å². The van der Waals surface area contributed by atoms with Gasteiger partial charge in [-0.15, -0.1) is 0 Å². The third kappa shape index (κ3) is 1.92. The van der Waals surface area contributed by atoms with E-state index in [1.165, 1.54) is 6.07 Å². The van der Waals surface area contributed by atoms with Crippen molar-refractivity contribution in [3.05, 3.63) is 34.2 Å². The zero-order valence-electron chi connectivity index (χ0n) is 8.14. The second kappa shape index (κ2) is 3.86. The second-order valence-corrected chi connectivity index (χ2v) is 3.69. The summed E-state index contributed by atoms with van der Waals surface area (Å²) >= 11 is 0. The molecule has 1 amide bonds. The summed E-state index contributed by atoms with van der Waals surface area (Å²) < 4.78 is 0. The molecule has 2 N–H and O–H groups in total. The third-order valence-electron chi connectivity index (χ3n) is 2.50. The molecule has 0 saturated carbocycles. The standard InChI is InChI=1S/C10H12N2O3/c13-6-7-4-12(5-7)10(15)8-2-1-3-9(14)11-8/h1-3,7,13H,4-6H2,(H,11,14). The van der Waals surface area contributed by atoms with Gasteiger partial charge in [0.2, 0.25) is 5.56 Å². The Hall–Kier alpha value is -1.62. The lowest BCUT2D eigenvalue weighted by molar-refractivity contribution is 0.0356. The smallest absolute Gasteiger partial charge is 0.270 e. The van der Waals surface area contributed by atoms with E-state index in [0.29, 0.717) is 18.8 Å². The fourth-order valence-electron chi connectivity index (χ4n) is 1.59. The number of hydrogen-bond donors (Lipinski definition) is 2. The van der Waals surface area contributed by atoms with Gasteiger partial charge in [0.25, 0.3) is 5.91 Å². The molecule has 15 heavy (non-hydrogen) atoms. The average molecular weight is 208 g/mol. The molecule has 80 valence electrons. The number of pyridine rings is 1. The molecule has 1 aromatic rings.